The molecule has 1 saturated heterocycles. The Morgan fingerprint density at radius 2 is 1.45 bits per heavy atom. The maximum absolute atomic E-state index is 8.64. The smallest absolute Gasteiger partial charge is 0.128 e. The van der Waals surface area contributed by atoms with Crippen LogP contribution in [0.1, 0.15) is 29.5 Å². The monoisotopic (exact) mass is 413 g/mol. The van der Waals surface area contributed by atoms with Gasteiger partial charge in [-0.15, -0.1) is 0 Å². The van der Waals surface area contributed by atoms with Crippen LogP contribution in [0, 0.1) is 5.41 Å². The normalized spacial score (nSPS) is 15.5. The number of hydrogen-bond acceptors (Lipinski definition) is 3. The van der Waals surface area contributed by atoms with Gasteiger partial charge < -0.3 is 9.64 Å². The molecular weight excluding hydrogens is 382 g/mol. The molecule has 1 aliphatic rings. The van der Waals surface area contributed by atoms with Gasteiger partial charge in [0.25, 0.3) is 0 Å². The number of piperazine rings is 1. The molecule has 0 saturated carbocycles. The fourth-order valence-electron chi connectivity index (χ4n) is 4.06. The summed E-state index contributed by atoms with van der Waals surface area (Å²) in [6.07, 6.45) is 0. The SMILES string of the molecule is CC(CN1CCN(C(=N)c2ccc(OCc3ccccc3)cc2)CC1)c1ccccc1. The van der Waals surface area contributed by atoms with Gasteiger partial charge in [-0.2, -0.15) is 0 Å². The first kappa shape index (κ1) is 21.1. The first-order valence-electron chi connectivity index (χ1n) is 11.1. The van der Waals surface area contributed by atoms with Gasteiger partial charge in [0, 0.05) is 38.3 Å². The van der Waals surface area contributed by atoms with Crippen molar-refractivity contribution in [2.45, 2.75) is 19.4 Å². The Hall–Kier alpha value is -3.11. The average molecular weight is 414 g/mol. The number of rotatable bonds is 7. The van der Waals surface area contributed by atoms with Crippen LogP contribution in [0.25, 0.3) is 0 Å². The van der Waals surface area contributed by atoms with E-state index >= 15 is 0 Å². The van der Waals surface area contributed by atoms with E-state index in [1.807, 2.05) is 42.5 Å². The molecule has 0 aromatic heterocycles. The maximum atomic E-state index is 8.64. The van der Waals surface area contributed by atoms with Gasteiger partial charge in [-0.3, -0.25) is 10.3 Å². The number of hydrogen-bond donors (Lipinski definition) is 1. The number of benzene rings is 3. The third-order valence-corrected chi connectivity index (χ3v) is 5.97. The predicted molar refractivity (Wildman–Crippen MR) is 127 cm³/mol. The highest BCUT2D eigenvalue weighted by Gasteiger charge is 2.21. The molecule has 0 bridgehead atoms. The van der Waals surface area contributed by atoms with Crippen LogP contribution >= 0.6 is 0 Å². The molecule has 3 aromatic rings. The standard InChI is InChI=1S/C27H31N3O/c1-22(24-10-6-3-7-11-24)20-29-16-18-30(19-17-29)27(28)25-12-14-26(15-13-25)31-21-23-8-4-2-5-9-23/h2-15,22,28H,16-21H2,1H3. The summed E-state index contributed by atoms with van der Waals surface area (Å²) in [6.45, 7) is 7.71. The van der Waals surface area contributed by atoms with Crippen LogP contribution in [0.3, 0.4) is 0 Å². The predicted octanol–water partition coefficient (Wildman–Crippen LogP) is 5.01. The summed E-state index contributed by atoms with van der Waals surface area (Å²) in [5.74, 6) is 1.96. The van der Waals surface area contributed by atoms with Crippen LogP contribution in [0.5, 0.6) is 5.75 Å². The quantitative estimate of drug-likeness (QED) is 0.437. The molecule has 0 aliphatic carbocycles. The van der Waals surface area contributed by atoms with E-state index in [4.69, 9.17) is 10.1 Å². The largest absolute Gasteiger partial charge is 0.489 e. The van der Waals surface area contributed by atoms with Crippen LogP contribution in [0.15, 0.2) is 84.9 Å². The molecule has 0 radical (unpaired) electrons. The number of nitrogens with one attached hydrogen (secondary N) is 1. The molecule has 0 amide bonds. The van der Waals surface area contributed by atoms with Crippen molar-refractivity contribution < 1.29 is 4.74 Å². The fourth-order valence-corrected chi connectivity index (χ4v) is 4.06. The summed E-state index contributed by atoms with van der Waals surface area (Å²) in [5, 5.41) is 8.64. The second kappa shape index (κ2) is 10.3. The Balaban J connectivity index is 1.25. The van der Waals surface area contributed by atoms with E-state index < -0.39 is 0 Å². The summed E-state index contributed by atoms with van der Waals surface area (Å²) < 4.78 is 5.87. The van der Waals surface area contributed by atoms with Crippen molar-refractivity contribution in [3.05, 3.63) is 102 Å². The molecule has 3 aromatic carbocycles. The lowest BCUT2D eigenvalue weighted by Crippen LogP contribution is -2.49. The minimum Gasteiger partial charge on any atom is -0.489 e. The molecule has 4 heteroatoms. The Morgan fingerprint density at radius 1 is 0.839 bits per heavy atom. The molecule has 1 atom stereocenters. The van der Waals surface area contributed by atoms with Crippen molar-refractivity contribution in [3.63, 3.8) is 0 Å². The van der Waals surface area contributed by atoms with Crippen molar-refractivity contribution >= 4 is 5.84 Å². The number of ether oxygens (including phenoxy) is 1. The Labute approximate surface area is 185 Å². The number of nitrogens with zero attached hydrogens (tertiary/aromatic N) is 2. The van der Waals surface area contributed by atoms with Gasteiger partial charge >= 0.3 is 0 Å². The van der Waals surface area contributed by atoms with E-state index in [9.17, 15) is 0 Å². The first-order chi connectivity index (χ1) is 15.2. The van der Waals surface area contributed by atoms with E-state index in [1.165, 1.54) is 5.56 Å². The molecule has 0 spiro atoms. The van der Waals surface area contributed by atoms with Gasteiger partial charge in [0.15, 0.2) is 0 Å². The van der Waals surface area contributed by atoms with E-state index in [0.717, 1.165) is 49.6 Å². The van der Waals surface area contributed by atoms with Gasteiger partial charge in [-0.1, -0.05) is 67.6 Å². The Bertz CT molecular complexity index is 949. The topological polar surface area (TPSA) is 39.6 Å². The van der Waals surface area contributed by atoms with E-state index in [2.05, 4.69) is 59.2 Å². The van der Waals surface area contributed by atoms with E-state index in [1.54, 1.807) is 0 Å². The summed E-state index contributed by atoms with van der Waals surface area (Å²) >= 11 is 0. The van der Waals surface area contributed by atoms with Gasteiger partial charge in [0.05, 0.1) is 0 Å². The number of amidine groups is 1. The third kappa shape index (κ3) is 5.74. The summed E-state index contributed by atoms with van der Waals surface area (Å²) in [6, 6.07) is 28.8. The van der Waals surface area contributed by atoms with Crippen LogP contribution in [0.4, 0.5) is 0 Å². The highest BCUT2D eigenvalue weighted by molar-refractivity contribution is 5.96. The van der Waals surface area contributed by atoms with Gasteiger partial charge in [-0.05, 0) is 41.3 Å². The third-order valence-electron chi connectivity index (χ3n) is 5.97. The van der Waals surface area contributed by atoms with Crippen LogP contribution in [-0.4, -0.2) is 48.4 Å². The molecule has 1 unspecified atom stereocenters. The second-order valence-corrected chi connectivity index (χ2v) is 8.25. The molecule has 1 heterocycles. The van der Waals surface area contributed by atoms with Crippen molar-refractivity contribution in [2.75, 3.05) is 32.7 Å². The zero-order valence-electron chi connectivity index (χ0n) is 18.2. The van der Waals surface area contributed by atoms with Gasteiger partial charge in [-0.25, -0.2) is 0 Å². The highest BCUT2D eigenvalue weighted by Crippen LogP contribution is 2.19. The zero-order chi connectivity index (χ0) is 21.5. The Morgan fingerprint density at radius 3 is 2.10 bits per heavy atom. The molecule has 1 N–H and O–H groups in total. The molecule has 4 nitrogen and oxygen atoms in total. The van der Waals surface area contributed by atoms with Gasteiger partial charge in [0.1, 0.15) is 18.2 Å². The van der Waals surface area contributed by atoms with Crippen molar-refractivity contribution in [1.82, 2.24) is 9.80 Å². The van der Waals surface area contributed by atoms with Crippen molar-refractivity contribution in [3.8, 4) is 5.75 Å². The second-order valence-electron chi connectivity index (χ2n) is 8.25. The zero-order valence-corrected chi connectivity index (χ0v) is 18.2. The molecular formula is C27H31N3O. The molecule has 1 aliphatic heterocycles. The summed E-state index contributed by atoms with van der Waals surface area (Å²) in [5.41, 5.74) is 3.49. The van der Waals surface area contributed by atoms with Gasteiger partial charge in [0.2, 0.25) is 0 Å². The lowest BCUT2D eigenvalue weighted by molar-refractivity contribution is 0.175. The fraction of sp³-hybridized carbons (Fsp3) is 0.296. The minimum absolute atomic E-state index is 0.524. The lowest BCUT2D eigenvalue weighted by atomic mass is 10.0. The van der Waals surface area contributed by atoms with E-state index in [-0.39, 0.29) is 0 Å². The van der Waals surface area contributed by atoms with Crippen molar-refractivity contribution in [2.24, 2.45) is 0 Å². The van der Waals surface area contributed by atoms with E-state index in [0.29, 0.717) is 18.4 Å². The molecule has 4 rings (SSSR count). The Kier molecular flexibility index (Phi) is 7.00. The van der Waals surface area contributed by atoms with Crippen molar-refractivity contribution in [1.29, 1.82) is 5.41 Å². The maximum Gasteiger partial charge on any atom is 0.128 e. The molecule has 160 valence electrons. The van der Waals surface area contributed by atoms with Crippen LogP contribution in [-0.2, 0) is 6.61 Å². The summed E-state index contributed by atoms with van der Waals surface area (Å²) in [7, 11) is 0. The lowest BCUT2D eigenvalue weighted by Gasteiger charge is -2.37. The molecule has 1 fully saturated rings. The van der Waals surface area contributed by atoms with Crippen LogP contribution < -0.4 is 4.74 Å². The summed E-state index contributed by atoms with van der Waals surface area (Å²) in [4.78, 5) is 4.70. The molecule has 31 heavy (non-hydrogen) atoms. The van der Waals surface area contributed by atoms with Crippen LogP contribution in [0.2, 0.25) is 0 Å². The first-order valence-corrected chi connectivity index (χ1v) is 11.1. The highest BCUT2D eigenvalue weighted by atomic mass is 16.5. The minimum atomic E-state index is 0.524. The average Bonchev–Trinajstić information content (AvgIpc) is 2.84.